The van der Waals surface area contributed by atoms with Crippen LogP contribution in [-0.4, -0.2) is 24.4 Å². The molecule has 0 unspecified atom stereocenters. The van der Waals surface area contributed by atoms with E-state index in [0.717, 1.165) is 5.39 Å². The fourth-order valence-corrected chi connectivity index (χ4v) is 4.53. The zero-order valence-electron chi connectivity index (χ0n) is 12.5. The Hall–Kier alpha value is -1.92. The van der Waals surface area contributed by atoms with Crippen LogP contribution in [0.2, 0.25) is 0 Å². The predicted octanol–water partition coefficient (Wildman–Crippen LogP) is 2.40. The van der Waals surface area contributed by atoms with E-state index in [2.05, 4.69) is 0 Å². The van der Waals surface area contributed by atoms with Gasteiger partial charge in [0.05, 0.1) is 4.90 Å². The van der Waals surface area contributed by atoms with Crippen LogP contribution in [0.3, 0.4) is 0 Å². The molecule has 0 spiro atoms. The van der Waals surface area contributed by atoms with Crippen LogP contribution in [0, 0.1) is 5.92 Å². The molecular weight excluding hydrogens is 302 g/mol. The minimum Gasteiger partial charge on any atom is -0.479 e. The number of nitrogens with two attached hydrogens (primary N) is 1. The summed E-state index contributed by atoms with van der Waals surface area (Å²) >= 11 is 0. The number of carboxylic acids is 1. The molecule has 22 heavy (non-hydrogen) atoms. The van der Waals surface area contributed by atoms with Gasteiger partial charge in [-0.3, -0.25) is 0 Å². The standard InChI is InChI=1S/C16H19NO4S/c1-3-11(2)16(17,15(18)19)22(20,21)14-10-6-8-12-7-4-5-9-13(12)14/h4-11H,3,17H2,1-2H3,(H,18,19)/t11-,16+/m0/s1. The first-order chi connectivity index (χ1) is 10.3. The second-order valence-corrected chi connectivity index (χ2v) is 7.51. The Morgan fingerprint density at radius 3 is 2.41 bits per heavy atom. The fourth-order valence-electron chi connectivity index (χ4n) is 2.51. The van der Waals surface area contributed by atoms with Gasteiger partial charge in [0.2, 0.25) is 14.7 Å². The Kier molecular flexibility index (Phi) is 4.26. The monoisotopic (exact) mass is 321 g/mol. The number of aliphatic carboxylic acids is 1. The molecule has 0 radical (unpaired) electrons. The van der Waals surface area contributed by atoms with Crippen molar-refractivity contribution in [2.24, 2.45) is 11.7 Å². The van der Waals surface area contributed by atoms with Gasteiger partial charge in [-0.05, 0) is 17.4 Å². The lowest BCUT2D eigenvalue weighted by Gasteiger charge is -2.30. The number of rotatable bonds is 5. The van der Waals surface area contributed by atoms with Crippen LogP contribution in [0.25, 0.3) is 10.8 Å². The van der Waals surface area contributed by atoms with Gasteiger partial charge in [-0.15, -0.1) is 0 Å². The third-order valence-corrected chi connectivity index (χ3v) is 6.56. The molecule has 0 fully saturated rings. The van der Waals surface area contributed by atoms with Crippen molar-refractivity contribution in [3.8, 4) is 0 Å². The van der Waals surface area contributed by atoms with E-state index < -0.39 is 26.6 Å². The molecular formula is C16H19NO4S. The molecule has 0 bridgehead atoms. The lowest BCUT2D eigenvalue weighted by molar-refractivity contribution is -0.141. The number of benzene rings is 2. The summed E-state index contributed by atoms with van der Waals surface area (Å²) in [6.45, 7) is 3.25. The number of sulfone groups is 1. The molecule has 0 aliphatic carbocycles. The van der Waals surface area contributed by atoms with Crippen molar-refractivity contribution in [1.82, 2.24) is 0 Å². The van der Waals surface area contributed by atoms with Gasteiger partial charge >= 0.3 is 5.97 Å². The molecule has 6 heteroatoms. The number of fused-ring (bicyclic) bond motifs is 1. The minimum atomic E-state index is -4.26. The highest BCUT2D eigenvalue weighted by Gasteiger charge is 2.52. The van der Waals surface area contributed by atoms with Gasteiger partial charge in [0, 0.05) is 5.39 Å². The summed E-state index contributed by atoms with van der Waals surface area (Å²) in [7, 11) is -4.26. The highest BCUT2D eigenvalue weighted by Crippen LogP contribution is 2.34. The normalized spacial score (nSPS) is 16.1. The lowest BCUT2D eigenvalue weighted by atomic mass is 9.99. The van der Waals surface area contributed by atoms with Gasteiger partial charge in [0.25, 0.3) is 0 Å². The lowest BCUT2D eigenvalue weighted by Crippen LogP contribution is -2.59. The maximum absolute atomic E-state index is 13.0. The van der Waals surface area contributed by atoms with E-state index in [1.54, 1.807) is 43.3 Å². The summed E-state index contributed by atoms with van der Waals surface area (Å²) in [4.78, 5) is 9.27. The maximum Gasteiger partial charge on any atom is 0.340 e. The summed E-state index contributed by atoms with van der Waals surface area (Å²) in [6.07, 6.45) is 0.340. The Balaban J connectivity index is 2.79. The summed E-state index contributed by atoms with van der Waals surface area (Å²) < 4.78 is 26.0. The van der Waals surface area contributed by atoms with Crippen molar-refractivity contribution in [2.75, 3.05) is 0 Å². The fraction of sp³-hybridized carbons (Fsp3) is 0.312. The molecule has 0 saturated carbocycles. The Morgan fingerprint density at radius 2 is 1.82 bits per heavy atom. The van der Waals surface area contributed by atoms with Gasteiger partial charge in [-0.2, -0.15) is 0 Å². The van der Waals surface area contributed by atoms with Crippen molar-refractivity contribution in [1.29, 1.82) is 0 Å². The molecule has 0 aliphatic heterocycles. The molecule has 2 atom stereocenters. The molecule has 2 rings (SSSR count). The van der Waals surface area contributed by atoms with Crippen LogP contribution >= 0.6 is 0 Å². The van der Waals surface area contributed by atoms with E-state index >= 15 is 0 Å². The predicted molar refractivity (Wildman–Crippen MR) is 85.1 cm³/mol. The first-order valence-electron chi connectivity index (χ1n) is 7.01. The van der Waals surface area contributed by atoms with E-state index in [4.69, 9.17) is 5.73 Å². The third-order valence-electron chi connectivity index (χ3n) is 4.16. The van der Waals surface area contributed by atoms with Gasteiger partial charge in [0.1, 0.15) is 0 Å². The number of hydrogen-bond donors (Lipinski definition) is 2. The van der Waals surface area contributed by atoms with Crippen molar-refractivity contribution in [3.63, 3.8) is 0 Å². The molecule has 3 N–H and O–H groups in total. The molecule has 0 heterocycles. The zero-order valence-corrected chi connectivity index (χ0v) is 13.3. The van der Waals surface area contributed by atoms with Crippen molar-refractivity contribution in [2.45, 2.75) is 30.0 Å². The Labute approximate surface area is 129 Å². The van der Waals surface area contributed by atoms with Gasteiger partial charge in [-0.25, -0.2) is 13.2 Å². The second kappa shape index (κ2) is 5.70. The first-order valence-corrected chi connectivity index (χ1v) is 8.49. The van der Waals surface area contributed by atoms with Crippen LogP contribution in [0.5, 0.6) is 0 Å². The molecule has 0 aromatic heterocycles. The number of carboxylic acid groups (broad SMARTS) is 1. The zero-order chi connectivity index (χ0) is 16.5. The average molecular weight is 321 g/mol. The highest BCUT2D eigenvalue weighted by atomic mass is 32.2. The summed E-state index contributed by atoms with van der Waals surface area (Å²) in [6, 6.07) is 11.7. The molecule has 2 aromatic rings. The van der Waals surface area contributed by atoms with Crippen LogP contribution in [0.4, 0.5) is 0 Å². The van der Waals surface area contributed by atoms with E-state index in [1.165, 1.54) is 13.0 Å². The van der Waals surface area contributed by atoms with Crippen molar-refractivity contribution in [3.05, 3.63) is 42.5 Å². The Morgan fingerprint density at radius 1 is 1.23 bits per heavy atom. The van der Waals surface area contributed by atoms with Crippen LogP contribution in [0.15, 0.2) is 47.4 Å². The maximum atomic E-state index is 13.0. The first kappa shape index (κ1) is 16.5. The van der Waals surface area contributed by atoms with Crippen molar-refractivity contribution < 1.29 is 18.3 Å². The van der Waals surface area contributed by atoms with Gasteiger partial charge in [-0.1, -0.05) is 56.7 Å². The minimum absolute atomic E-state index is 0.0456. The second-order valence-electron chi connectivity index (χ2n) is 5.39. The quantitative estimate of drug-likeness (QED) is 0.881. The van der Waals surface area contributed by atoms with Crippen molar-refractivity contribution >= 4 is 26.6 Å². The van der Waals surface area contributed by atoms with Gasteiger partial charge < -0.3 is 10.8 Å². The highest BCUT2D eigenvalue weighted by molar-refractivity contribution is 7.93. The molecule has 0 amide bonds. The number of hydrogen-bond acceptors (Lipinski definition) is 4. The summed E-state index contributed by atoms with van der Waals surface area (Å²) in [5, 5.41) is 10.7. The summed E-state index contributed by atoms with van der Waals surface area (Å²) in [5.74, 6) is -2.26. The average Bonchev–Trinajstić information content (AvgIpc) is 2.52. The van der Waals surface area contributed by atoms with Crippen LogP contribution in [-0.2, 0) is 14.6 Å². The third kappa shape index (κ3) is 2.28. The van der Waals surface area contributed by atoms with E-state index in [-0.39, 0.29) is 4.90 Å². The SMILES string of the molecule is CC[C@H](C)[C@](N)(C(=O)O)S(=O)(=O)c1cccc2ccccc12. The van der Waals surface area contributed by atoms with E-state index in [9.17, 15) is 18.3 Å². The van der Waals surface area contributed by atoms with E-state index in [0.29, 0.717) is 11.8 Å². The molecule has 0 saturated heterocycles. The number of carbonyl (C=O) groups is 1. The largest absolute Gasteiger partial charge is 0.479 e. The van der Waals surface area contributed by atoms with Crippen LogP contribution < -0.4 is 5.73 Å². The molecule has 0 aliphatic rings. The molecule has 2 aromatic carbocycles. The molecule has 5 nitrogen and oxygen atoms in total. The topological polar surface area (TPSA) is 97.5 Å². The van der Waals surface area contributed by atoms with Crippen LogP contribution in [0.1, 0.15) is 20.3 Å². The smallest absolute Gasteiger partial charge is 0.340 e. The van der Waals surface area contributed by atoms with E-state index in [1.807, 2.05) is 0 Å². The van der Waals surface area contributed by atoms with Gasteiger partial charge in [0.15, 0.2) is 0 Å². The summed E-state index contributed by atoms with van der Waals surface area (Å²) in [5.41, 5.74) is 5.91. The Bertz CT molecular complexity index is 811. The molecule has 118 valence electrons.